The molecule has 5 heteroatoms. The molecule has 0 unspecified atom stereocenters. The maximum absolute atomic E-state index is 10.1. The summed E-state index contributed by atoms with van der Waals surface area (Å²) < 4.78 is 0. The lowest BCUT2D eigenvalue weighted by Crippen LogP contribution is -2.03. The van der Waals surface area contributed by atoms with Gasteiger partial charge < -0.3 is 10.7 Å². The van der Waals surface area contributed by atoms with Gasteiger partial charge in [-0.3, -0.25) is 0 Å². The van der Waals surface area contributed by atoms with Gasteiger partial charge in [-0.2, -0.15) is 0 Å². The summed E-state index contributed by atoms with van der Waals surface area (Å²) in [6.45, 7) is 0.0921. The molecular weight excluding hydrogens is 220 g/mol. The van der Waals surface area contributed by atoms with Crippen molar-refractivity contribution in [3.05, 3.63) is 38.0 Å². The number of benzene rings is 1. The van der Waals surface area contributed by atoms with Crippen LogP contribution in [0.4, 0.5) is 0 Å². The van der Waals surface area contributed by atoms with Crippen LogP contribution in [0, 0.1) is 5.21 Å². The van der Waals surface area contributed by atoms with E-state index >= 15 is 0 Å². The van der Waals surface area contributed by atoms with Gasteiger partial charge in [0.2, 0.25) is 0 Å². The third-order valence-corrected chi connectivity index (χ3v) is 2.25. The molecule has 0 heterocycles. The fourth-order valence-electron chi connectivity index (χ4n) is 0.813. The summed E-state index contributed by atoms with van der Waals surface area (Å²) in [6, 6.07) is 3.09. The van der Waals surface area contributed by atoms with Crippen molar-refractivity contribution in [1.82, 2.24) is 5.48 Å². The van der Waals surface area contributed by atoms with Crippen molar-refractivity contribution >= 4 is 34.8 Å². The van der Waals surface area contributed by atoms with Gasteiger partial charge in [-0.05, 0) is 12.1 Å². The van der Waals surface area contributed by atoms with E-state index in [9.17, 15) is 5.21 Å². The van der Waals surface area contributed by atoms with Gasteiger partial charge in [-0.15, -0.1) is 0 Å². The van der Waals surface area contributed by atoms with Gasteiger partial charge >= 0.3 is 0 Å². The quantitative estimate of drug-likeness (QED) is 0.784. The average Bonchev–Trinajstić information content (AvgIpc) is 1.96. The Balaban J connectivity index is 3.10. The van der Waals surface area contributed by atoms with E-state index in [1.807, 2.05) is 0 Å². The first-order valence-electron chi connectivity index (χ1n) is 3.13. The Morgan fingerprint density at radius 2 is 1.67 bits per heavy atom. The molecule has 0 aliphatic heterocycles. The molecule has 1 aromatic carbocycles. The minimum Gasteiger partial charge on any atom is -0.788 e. The van der Waals surface area contributed by atoms with E-state index in [0.29, 0.717) is 20.6 Å². The summed E-state index contributed by atoms with van der Waals surface area (Å²) in [5.41, 5.74) is 2.29. The number of hydrogen-bond donors (Lipinski definition) is 1. The Bertz CT molecular complexity index is 267. The average molecular weight is 225 g/mol. The van der Waals surface area contributed by atoms with E-state index < -0.39 is 0 Å². The summed E-state index contributed by atoms with van der Waals surface area (Å²) in [7, 11) is 0. The lowest BCUT2D eigenvalue weighted by molar-refractivity contribution is 0.876. The highest BCUT2D eigenvalue weighted by Crippen LogP contribution is 2.28. The van der Waals surface area contributed by atoms with E-state index in [0.717, 1.165) is 0 Å². The minimum atomic E-state index is 0.0921. The summed E-state index contributed by atoms with van der Waals surface area (Å²) >= 11 is 17.2. The number of nitrogens with one attached hydrogen (secondary N) is 1. The highest BCUT2D eigenvalue weighted by atomic mass is 35.5. The second-order valence-electron chi connectivity index (χ2n) is 2.17. The van der Waals surface area contributed by atoms with E-state index in [1.165, 1.54) is 0 Å². The minimum absolute atomic E-state index is 0.0921. The van der Waals surface area contributed by atoms with Crippen LogP contribution in [-0.2, 0) is 6.54 Å². The van der Waals surface area contributed by atoms with Gasteiger partial charge in [0, 0.05) is 27.2 Å². The van der Waals surface area contributed by atoms with Crippen molar-refractivity contribution < 1.29 is 0 Å². The maximum atomic E-state index is 10.1. The Labute approximate surface area is 85.0 Å². The van der Waals surface area contributed by atoms with Crippen LogP contribution >= 0.6 is 34.8 Å². The van der Waals surface area contributed by atoms with Crippen LogP contribution in [0.2, 0.25) is 15.1 Å². The number of halogens is 3. The van der Waals surface area contributed by atoms with Crippen LogP contribution in [-0.4, -0.2) is 0 Å². The van der Waals surface area contributed by atoms with Crippen LogP contribution in [0.15, 0.2) is 12.1 Å². The van der Waals surface area contributed by atoms with Crippen LogP contribution in [0.1, 0.15) is 5.56 Å². The monoisotopic (exact) mass is 224 g/mol. The lowest BCUT2D eigenvalue weighted by atomic mass is 10.2. The highest BCUT2D eigenvalue weighted by molar-refractivity contribution is 6.39. The van der Waals surface area contributed by atoms with E-state index in [1.54, 1.807) is 17.6 Å². The molecular formula is C7H5Cl3NO-. The van der Waals surface area contributed by atoms with Gasteiger partial charge in [-0.1, -0.05) is 34.8 Å². The van der Waals surface area contributed by atoms with Crippen molar-refractivity contribution in [2.24, 2.45) is 0 Å². The Kier molecular flexibility index (Phi) is 3.62. The standard InChI is InChI=1S/C7H5Cl3NO/c8-4-1-6(9)5(3-11-12)7(10)2-4/h1-2,11H,3H2/q-1. The second-order valence-corrected chi connectivity index (χ2v) is 3.42. The zero-order chi connectivity index (χ0) is 9.14. The van der Waals surface area contributed by atoms with Crippen LogP contribution in [0.25, 0.3) is 0 Å². The molecule has 1 aromatic rings. The molecule has 2 nitrogen and oxygen atoms in total. The van der Waals surface area contributed by atoms with Gasteiger partial charge in [-0.25, -0.2) is 0 Å². The van der Waals surface area contributed by atoms with E-state index in [2.05, 4.69) is 0 Å². The smallest absolute Gasteiger partial charge is 0.0480 e. The van der Waals surface area contributed by atoms with Crippen molar-refractivity contribution in [3.63, 3.8) is 0 Å². The molecule has 0 saturated heterocycles. The first-order chi connectivity index (χ1) is 5.65. The molecule has 12 heavy (non-hydrogen) atoms. The molecule has 1 rings (SSSR count). The largest absolute Gasteiger partial charge is 0.788 e. The van der Waals surface area contributed by atoms with Crippen LogP contribution < -0.4 is 5.48 Å². The number of rotatable bonds is 2. The third-order valence-electron chi connectivity index (χ3n) is 1.35. The Morgan fingerprint density at radius 3 is 2.08 bits per heavy atom. The molecule has 0 saturated carbocycles. The van der Waals surface area contributed by atoms with E-state index in [-0.39, 0.29) is 6.54 Å². The van der Waals surface area contributed by atoms with Crippen LogP contribution in [0.5, 0.6) is 0 Å². The zero-order valence-corrected chi connectivity index (χ0v) is 8.17. The second kappa shape index (κ2) is 4.30. The van der Waals surface area contributed by atoms with Crippen molar-refractivity contribution in [1.29, 1.82) is 0 Å². The normalized spacial score (nSPS) is 10.3. The molecule has 0 radical (unpaired) electrons. The fraction of sp³-hybridized carbons (Fsp3) is 0.143. The molecule has 66 valence electrons. The van der Waals surface area contributed by atoms with Gasteiger partial charge in [0.15, 0.2) is 0 Å². The third kappa shape index (κ3) is 2.25. The lowest BCUT2D eigenvalue weighted by Gasteiger charge is -2.11. The van der Waals surface area contributed by atoms with Gasteiger partial charge in [0.25, 0.3) is 0 Å². The van der Waals surface area contributed by atoms with Crippen LogP contribution in [0.3, 0.4) is 0 Å². The molecule has 0 fully saturated rings. The molecule has 0 aromatic heterocycles. The molecule has 0 aliphatic rings. The van der Waals surface area contributed by atoms with E-state index in [4.69, 9.17) is 34.8 Å². The number of hydrogen-bond acceptors (Lipinski definition) is 2. The van der Waals surface area contributed by atoms with Crippen molar-refractivity contribution in [3.8, 4) is 0 Å². The summed E-state index contributed by atoms with van der Waals surface area (Å²) in [5, 5.41) is 11.3. The highest BCUT2D eigenvalue weighted by Gasteiger charge is 2.05. The molecule has 0 amide bonds. The predicted octanol–water partition coefficient (Wildman–Crippen LogP) is 3.23. The summed E-state index contributed by atoms with van der Waals surface area (Å²) in [5.74, 6) is 0. The first-order valence-corrected chi connectivity index (χ1v) is 4.27. The van der Waals surface area contributed by atoms with Crippen molar-refractivity contribution in [2.45, 2.75) is 6.54 Å². The number of hydroxylamine groups is 1. The topological polar surface area (TPSA) is 35.1 Å². The fourth-order valence-corrected chi connectivity index (χ4v) is 1.76. The summed E-state index contributed by atoms with van der Waals surface area (Å²) in [4.78, 5) is 0. The van der Waals surface area contributed by atoms with Gasteiger partial charge in [0.1, 0.15) is 0 Å². The first kappa shape index (κ1) is 10.1. The summed E-state index contributed by atoms with van der Waals surface area (Å²) in [6.07, 6.45) is 0. The molecule has 0 bridgehead atoms. The Hall–Kier alpha value is 0.01000. The Morgan fingerprint density at radius 1 is 1.17 bits per heavy atom. The van der Waals surface area contributed by atoms with Crippen molar-refractivity contribution in [2.75, 3.05) is 0 Å². The predicted molar refractivity (Wildman–Crippen MR) is 51.7 cm³/mol. The van der Waals surface area contributed by atoms with Gasteiger partial charge in [0.05, 0.1) is 0 Å². The molecule has 0 aliphatic carbocycles. The SMILES string of the molecule is [O-]NCc1c(Cl)cc(Cl)cc1Cl. The zero-order valence-electron chi connectivity index (χ0n) is 5.90. The molecule has 0 spiro atoms. The maximum Gasteiger partial charge on any atom is 0.0480 e. The molecule has 1 N–H and O–H groups in total. The molecule has 0 atom stereocenters.